The first-order valence-corrected chi connectivity index (χ1v) is 10.9. The molecule has 7 nitrogen and oxygen atoms in total. The minimum atomic E-state index is -0.0588. The molecule has 0 N–H and O–H groups in total. The van der Waals surface area contributed by atoms with E-state index >= 15 is 0 Å². The molecule has 1 aromatic heterocycles. The zero-order valence-electron chi connectivity index (χ0n) is 17.2. The molecule has 8 heteroatoms. The summed E-state index contributed by atoms with van der Waals surface area (Å²) in [4.78, 5) is 22.0. The molecule has 0 atom stereocenters. The summed E-state index contributed by atoms with van der Waals surface area (Å²) >= 11 is 1.36. The number of amidine groups is 1. The van der Waals surface area contributed by atoms with Crippen molar-refractivity contribution in [2.24, 2.45) is 4.99 Å². The summed E-state index contributed by atoms with van der Waals surface area (Å²) in [6, 6.07) is 11.4. The van der Waals surface area contributed by atoms with Gasteiger partial charge >= 0.3 is 0 Å². The highest BCUT2D eigenvalue weighted by atomic mass is 32.2. The lowest BCUT2D eigenvalue weighted by Gasteiger charge is -2.26. The van der Waals surface area contributed by atoms with E-state index in [0.29, 0.717) is 42.2 Å². The second-order valence-corrected chi connectivity index (χ2v) is 7.77. The number of furan rings is 1. The maximum atomic E-state index is 12.9. The Morgan fingerprint density at radius 1 is 1.13 bits per heavy atom. The third-order valence-electron chi connectivity index (χ3n) is 4.79. The molecular formula is C22H25N3O4S. The molecule has 0 radical (unpaired) electrons. The number of carbonyl (C=O) groups is 1. The Morgan fingerprint density at radius 3 is 2.60 bits per heavy atom. The number of amides is 1. The summed E-state index contributed by atoms with van der Waals surface area (Å²) in [5.74, 6) is 2.21. The van der Waals surface area contributed by atoms with E-state index in [9.17, 15) is 4.79 Å². The van der Waals surface area contributed by atoms with Gasteiger partial charge in [-0.25, -0.2) is 4.99 Å². The third-order valence-corrected chi connectivity index (χ3v) is 5.79. The van der Waals surface area contributed by atoms with Gasteiger partial charge in [0.1, 0.15) is 11.5 Å². The van der Waals surface area contributed by atoms with Gasteiger partial charge in [0.15, 0.2) is 11.1 Å². The van der Waals surface area contributed by atoms with Crippen LogP contribution in [0.25, 0.3) is 6.08 Å². The fourth-order valence-corrected chi connectivity index (χ4v) is 4.31. The molecule has 30 heavy (non-hydrogen) atoms. The summed E-state index contributed by atoms with van der Waals surface area (Å²) in [5.41, 5.74) is 0.779. The third kappa shape index (κ3) is 4.55. The van der Waals surface area contributed by atoms with Crippen molar-refractivity contribution in [1.29, 1.82) is 0 Å². The summed E-state index contributed by atoms with van der Waals surface area (Å²) in [7, 11) is 0. The molecule has 0 aliphatic carbocycles. The van der Waals surface area contributed by atoms with E-state index in [1.807, 2.05) is 50.2 Å². The molecule has 4 rings (SSSR count). The van der Waals surface area contributed by atoms with Crippen molar-refractivity contribution in [3.05, 3.63) is 47.1 Å². The topological polar surface area (TPSA) is 67.5 Å². The Labute approximate surface area is 180 Å². The van der Waals surface area contributed by atoms with Crippen molar-refractivity contribution in [2.45, 2.75) is 13.8 Å². The van der Waals surface area contributed by atoms with Gasteiger partial charge in [-0.2, -0.15) is 0 Å². The van der Waals surface area contributed by atoms with E-state index < -0.39 is 0 Å². The quantitative estimate of drug-likeness (QED) is 0.646. The lowest BCUT2D eigenvalue weighted by molar-refractivity contribution is -0.122. The highest BCUT2D eigenvalue weighted by molar-refractivity contribution is 8.18. The number of hydrogen-bond donors (Lipinski definition) is 0. The van der Waals surface area contributed by atoms with Gasteiger partial charge in [-0.05, 0) is 55.9 Å². The highest BCUT2D eigenvalue weighted by Crippen LogP contribution is 2.35. The van der Waals surface area contributed by atoms with Crippen molar-refractivity contribution in [3.8, 4) is 5.75 Å². The minimum Gasteiger partial charge on any atom is -0.494 e. The summed E-state index contributed by atoms with van der Waals surface area (Å²) in [6.45, 7) is 8.07. The number of ether oxygens (including phenoxy) is 2. The number of nitrogens with zero attached hydrogens (tertiary/aromatic N) is 3. The second-order valence-electron chi connectivity index (χ2n) is 6.76. The molecule has 0 bridgehead atoms. The molecule has 158 valence electrons. The number of anilines is 1. The average molecular weight is 428 g/mol. The summed E-state index contributed by atoms with van der Waals surface area (Å²) in [5, 5.41) is 0.665. The van der Waals surface area contributed by atoms with Crippen LogP contribution in [0.1, 0.15) is 19.6 Å². The zero-order chi connectivity index (χ0) is 20.9. The predicted molar refractivity (Wildman–Crippen MR) is 119 cm³/mol. The van der Waals surface area contributed by atoms with E-state index in [0.717, 1.165) is 30.4 Å². The van der Waals surface area contributed by atoms with Crippen LogP contribution in [0.3, 0.4) is 0 Å². The number of rotatable bonds is 6. The van der Waals surface area contributed by atoms with Gasteiger partial charge in [-0.3, -0.25) is 9.69 Å². The van der Waals surface area contributed by atoms with E-state index in [4.69, 9.17) is 13.9 Å². The van der Waals surface area contributed by atoms with Gasteiger partial charge in [-0.1, -0.05) is 0 Å². The molecule has 2 saturated heterocycles. The highest BCUT2D eigenvalue weighted by Gasteiger charge is 2.32. The van der Waals surface area contributed by atoms with Crippen LogP contribution in [0.5, 0.6) is 5.75 Å². The van der Waals surface area contributed by atoms with Crippen molar-refractivity contribution in [3.63, 3.8) is 0 Å². The smallest absolute Gasteiger partial charge is 0.266 e. The van der Waals surface area contributed by atoms with Crippen molar-refractivity contribution in [2.75, 3.05) is 44.4 Å². The van der Waals surface area contributed by atoms with E-state index in [-0.39, 0.29) is 5.91 Å². The lowest BCUT2D eigenvalue weighted by Crippen LogP contribution is -2.35. The molecule has 2 fully saturated rings. The van der Waals surface area contributed by atoms with Gasteiger partial charge in [0, 0.05) is 31.8 Å². The number of aliphatic imine (C=N–C) groups is 1. The Kier molecular flexibility index (Phi) is 6.44. The number of hydrogen-bond acceptors (Lipinski definition) is 7. The van der Waals surface area contributed by atoms with Crippen molar-refractivity contribution >= 4 is 40.5 Å². The monoisotopic (exact) mass is 427 g/mol. The molecule has 1 amide bonds. The lowest BCUT2D eigenvalue weighted by atomic mass is 10.3. The van der Waals surface area contributed by atoms with Crippen LogP contribution in [-0.4, -0.2) is 55.4 Å². The molecule has 3 heterocycles. The van der Waals surface area contributed by atoms with Gasteiger partial charge in [0.05, 0.1) is 30.4 Å². The molecule has 0 unspecified atom stereocenters. The number of thioether (sulfide) groups is 1. The van der Waals surface area contributed by atoms with E-state index in [2.05, 4.69) is 9.89 Å². The zero-order valence-corrected chi connectivity index (χ0v) is 18.0. The predicted octanol–water partition coefficient (Wildman–Crippen LogP) is 4.14. The second kappa shape index (κ2) is 9.40. The van der Waals surface area contributed by atoms with Crippen LogP contribution in [0.2, 0.25) is 0 Å². The largest absolute Gasteiger partial charge is 0.494 e. The number of morpholine rings is 1. The molecule has 2 aliphatic rings. The van der Waals surface area contributed by atoms with Crippen LogP contribution < -0.4 is 9.64 Å². The van der Waals surface area contributed by atoms with Crippen LogP contribution in [0.4, 0.5) is 11.6 Å². The Bertz CT molecular complexity index is 946. The Hall–Kier alpha value is -2.71. The van der Waals surface area contributed by atoms with Gasteiger partial charge in [-0.15, -0.1) is 0 Å². The molecule has 2 aliphatic heterocycles. The summed E-state index contributed by atoms with van der Waals surface area (Å²) in [6.07, 6.45) is 1.79. The number of benzene rings is 1. The molecule has 0 spiro atoms. The molecule has 0 saturated carbocycles. The van der Waals surface area contributed by atoms with Gasteiger partial charge in [0.25, 0.3) is 5.91 Å². The molecular weight excluding hydrogens is 402 g/mol. The first-order chi connectivity index (χ1) is 14.7. The van der Waals surface area contributed by atoms with Crippen LogP contribution in [0, 0.1) is 0 Å². The average Bonchev–Trinajstić information content (AvgIpc) is 3.35. The Balaban J connectivity index is 1.52. The van der Waals surface area contributed by atoms with E-state index in [1.165, 1.54) is 11.8 Å². The SMILES string of the molecule is CCOc1ccc(N=C2S/C(=C\c3ccc(N4CCOCC4)o3)C(=O)N2CC)cc1. The van der Waals surface area contributed by atoms with Gasteiger partial charge in [0.2, 0.25) is 0 Å². The van der Waals surface area contributed by atoms with Crippen molar-refractivity contribution in [1.82, 2.24) is 4.90 Å². The summed E-state index contributed by atoms with van der Waals surface area (Å²) < 4.78 is 16.8. The first kappa shape index (κ1) is 20.6. The molecule has 1 aromatic carbocycles. The maximum Gasteiger partial charge on any atom is 0.266 e. The van der Waals surface area contributed by atoms with Crippen LogP contribution in [-0.2, 0) is 9.53 Å². The van der Waals surface area contributed by atoms with Crippen LogP contribution in [0.15, 0.2) is 50.7 Å². The fraction of sp³-hybridized carbons (Fsp3) is 0.364. The number of likely N-dealkylation sites (N-methyl/N-ethyl adjacent to an activating group) is 1. The fourth-order valence-electron chi connectivity index (χ4n) is 3.27. The van der Waals surface area contributed by atoms with Crippen molar-refractivity contribution < 1.29 is 18.7 Å². The van der Waals surface area contributed by atoms with Gasteiger partial charge < -0.3 is 18.8 Å². The first-order valence-electron chi connectivity index (χ1n) is 10.1. The standard InChI is InChI=1S/C22H25N3O4S/c1-3-25-21(26)19(15-18-9-10-20(29-18)24-11-13-27-14-12-24)30-22(25)23-16-5-7-17(8-6-16)28-4-2/h5-10,15H,3-4,11-14H2,1-2H3/b19-15-,23-22?. The Morgan fingerprint density at radius 2 is 1.90 bits per heavy atom. The number of carbonyl (C=O) groups excluding carboxylic acids is 1. The normalized spacial score (nSPS) is 19.9. The molecule has 2 aromatic rings. The van der Waals surface area contributed by atoms with E-state index in [1.54, 1.807) is 11.0 Å². The van der Waals surface area contributed by atoms with Crippen LogP contribution >= 0.6 is 11.8 Å². The maximum absolute atomic E-state index is 12.9. The minimum absolute atomic E-state index is 0.0588.